The molecule has 1 saturated heterocycles. The quantitative estimate of drug-likeness (QED) is 0.527. The highest BCUT2D eigenvalue weighted by molar-refractivity contribution is 6.02. The Morgan fingerprint density at radius 2 is 1.91 bits per heavy atom. The van der Waals surface area contributed by atoms with Crippen molar-refractivity contribution in [1.82, 2.24) is 10.2 Å². The van der Waals surface area contributed by atoms with Crippen molar-refractivity contribution in [2.75, 3.05) is 13.1 Å². The molecule has 35 heavy (non-hydrogen) atoms. The average Bonchev–Trinajstić information content (AvgIpc) is 2.88. The molecular formula is C29H37N3O3. The van der Waals surface area contributed by atoms with E-state index in [4.69, 9.17) is 5.11 Å². The van der Waals surface area contributed by atoms with Gasteiger partial charge < -0.3 is 15.3 Å². The van der Waals surface area contributed by atoms with Crippen molar-refractivity contribution >= 4 is 23.3 Å². The van der Waals surface area contributed by atoms with Gasteiger partial charge in [0, 0.05) is 25.2 Å². The van der Waals surface area contributed by atoms with Crippen molar-refractivity contribution in [3.63, 3.8) is 0 Å². The summed E-state index contributed by atoms with van der Waals surface area (Å²) in [6, 6.07) is 8.70. The molecule has 2 aliphatic carbocycles. The van der Waals surface area contributed by atoms with Crippen LogP contribution < -0.4 is 5.32 Å². The first-order valence-electron chi connectivity index (χ1n) is 12.9. The fraction of sp³-hybridized carbons (Fsp3) is 0.483. The highest BCUT2D eigenvalue weighted by Gasteiger charge is 2.33. The number of urea groups is 1. The first-order chi connectivity index (χ1) is 17.0. The summed E-state index contributed by atoms with van der Waals surface area (Å²) in [4.78, 5) is 30.1. The number of aliphatic imine (C=N–C) groups is 1. The van der Waals surface area contributed by atoms with Crippen LogP contribution in [-0.2, 0) is 4.79 Å². The molecule has 6 nitrogen and oxygen atoms in total. The molecule has 2 N–H and O–H groups in total. The molecule has 1 aliphatic heterocycles. The predicted molar refractivity (Wildman–Crippen MR) is 141 cm³/mol. The number of fused-ring (bicyclic) bond motifs is 1. The van der Waals surface area contributed by atoms with Crippen molar-refractivity contribution in [3.05, 3.63) is 65.8 Å². The third-order valence-corrected chi connectivity index (χ3v) is 7.52. The number of carbonyl (C=O) groups excluding carboxylic acids is 1. The summed E-state index contributed by atoms with van der Waals surface area (Å²) in [5.74, 6) is 0.163. The van der Waals surface area contributed by atoms with Crippen LogP contribution in [-0.4, -0.2) is 52.9 Å². The normalized spacial score (nSPS) is 27.0. The van der Waals surface area contributed by atoms with Crippen LogP contribution in [0.5, 0.6) is 0 Å². The number of amides is 2. The molecule has 2 fully saturated rings. The Kier molecular flexibility index (Phi) is 8.34. The Hall–Kier alpha value is -2.99. The number of carboxylic acids is 1. The number of hydrogen-bond donors (Lipinski definition) is 2. The first-order valence-corrected chi connectivity index (χ1v) is 12.9. The van der Waals surface area contributed by atoms with Crippen LogP contribution in [0.3, 0.4) is 0 Å². The van der Waals surface area contributed by atoms with Gasteiger partial charge in [0.05, 0.1) is 12.1 Å². The van der Waals surface area contributed by atoms with Gasteiger partial charge in [0.2, 0.25) is 0 Å². The molecule has 6 heteroatoms. The second-order valence-electron chi connectivity index (χ2n) is 9.82. The Balaban J connectivity index is 1.40. The number of carbonyl (C=O) groups is 2. The van der Waals surface area contributed by atoms with E-state index in [-0.39, 0.29) is 18.1 Å². The van der Waals surface area contributed by atoms with E-state index in [9.17, 15) is 9.59 Å². The molecule has 186 valence electrons. The number of nitrogens with zero attached hydrogens (tertiary/aromatic N) is 2. The van der Waals surface area contributed by atoms with Crippen LogP contribution in [0.1, 0.15) is 69.4 Å². The number of aliphatic carboxylic acids is 1. The van der Waals surface area contributed by atoms with Crippen molar-refractivity contribution in [3.8, 4) is 0 Å². The Labute approximate surface area is 208 Å². The Morgan fingerprint density at radius 1 is 1.17 bits per heavy atom. The maximum Gasteiger partial charge on any atom is 0.344 e. The van der Waals surface area contributed by atoms with Crippen LogP contribution >= 0.6 is 0 Å². The van der Waals surface area contributed by atoms with E-state index in [1.54, 1.807) is 0 Å². The number of hydrogen-bond acceptors (Lipinski definition) is 3. The molecule has 0 aromatic heterocycles. The summed E-state index contributed by atoms with van der Waals surface area (Å²) in [6.45, 7) is 5.34. The minimum absolute atomic E-state index is 0.0345. The van der Waals surface area contributed by atoms with Gasteiger partial charge >= 0.3 is 12.0 Å². The van der Waals surface area contributed by atoms with Crippen LogP contribution in [0.2, 0.25) is 0 Å². The van der Waals surface area contributed by atoms with E-state index in [2.05, 4.69) is 52.8 Å². The number of carboxylic acid groups (broad SMARTS) is 1. The maximum atomic E-state index is 12.9. The van der Waals surface area contributed by atoms with Crippen LogP contribution in [0.15, 0.2) is 59.6 Å². The molecule has 2 atom stereocenters. The number of piperazine rings is 1. The van der Waals surface area contributed by atoms with Gasteiger partial charge in [-0.1, -0.05) is 55.5 Å². The number of benzene rings is 1. The molecule has 0 bridgehead atoms. The topological polar surface area (TPSA) is 82.0 Å². The highest BCUT2D eigenvalue weighted by atomic mass is 16.4. The van der Waals surface area contributed by atoms with E-state index in [0.717, 1.165) is 49.9 Å². The standard InChI is InChI=1S/C29H37N3O3/c1-3-5-25(4-2)31-29(35)32-17-16-30-26-19-24(14-15-27(26)32)23-12-10-22(11-13-23)21-8-6-20(7-9-21)18-28(33)34/h3,5,10-15,19-21,26-27,30H,4,6-9,16-18H2,1-2H3,(H,33,34)/b5-3-,31-25?. The molecule has 1 heterocycles. The molecule has 0 spiro atoms. The largest absolute Gasteiger partial charge is 0.481 e. The van der Waals surface area contributed by atoms with Crippen molar-refractivity contribution in [2.24, 2.45) is 10.9 Å². The third-order valence-electron chi connectivity index (χ3n) is 7.52. The van der Waals surface area contributed by atoms with Gasteiger partial charge in [-0.25, -0.2) is 4.79 Å². The fourth-order valence-electron chi connectivity index (χ4n) is 5.57. The minimum atomic E-state index is -0.680. The Morgan fingerprint density at radius 3 is 2.57 bits per heavy atom. The highest BCUT2D eigenvalue weighted by Crippen LogP contribution is 2.37. The lowest BCUT2D eigenvalue weighted by Gasteiger charge is -2.40. The van der Waals surface area contributed by atoms with Gasteiger partial charge in [0.1, 0.15) is 0 Å². The average molecular weight is 476 g/mol. The summed E-state index contributed by atoms with van der Waals surface area (Å²) < 4.78 is 0. The molecule has 1 saturated carbocycles. The zero-order valence-electron chi connectivity index (χ0n) is 20.8. The van der Waals surface area contributed by atoms with Gasteiger partial charge in [0.25, 0.3) is 0 Å². The summed E-state index contributed by atoms with van der Waals surface area (Å²) in [7, 11) is 0. The first kappa shape index (κ1) is 25.1. The lowest BCUT2D eigenvalue weighted by Crippen LogP contribution is -2.58. The summed E-state index contributed by atoms with van der Waals surface area (Å²) >= 11 is 0. The van der Waals surface area contributed by atoms with Gasteiger partial charge in [-0.05, 0) is 73.6 Å². The smallest absolute Gasteiger partial charge is 0.344 e. The maximum absolute atomic E-state index is 12.9. The number of allylic oxidation sites excluding steroid dienone is 4. The van der Waals surface area contributed by atoms with Crippen LogP contribution in [0.25, 0.3) is 5.57 Å². The lowest BCUT2D eigenvalue weighted by molar-refractivity contribution is -0.138. The van der Waals surface area contributed by atoms with Crippen LogP contribution in [0, 0.1) is 5.92 Å². The molecular weight excluding hydrogens is 438 g/mol. The van der Waals surface area contributed by atoms with E-state index in [0.29, 0.717) is 24.8 Å². The van der Waals surface area contributed by atoms with E-state index >= 15 is 0 Å². The predicted octanol–water partition coefficient (Wildman–Crippen LogP) is 5.58. The zero-order chi connectivity index (χ0) is 24.8. The van der Waals surface area contributed by atoms with E-state index < -0.39 is 5.97 Å². The number of rotatable bonds is 6. The molecule has 0 radical (unpaired) electrons. The molecule has 1 aromatic carbocycles. The SMILES string of the molecule is C/C=C\C(CC)=NC(=O)N1CCNC2C=C(c3ccc(C4CCC(CC(=O)O)CC4)cc3)C=CC21. The van der Waals surface area contributed by atoms with Gasteiger partial charge in [-0.15, -0.1) is 0 Å². The molecule has 2 unspecified atom stereocenters. The molecule has 2 amide bonds. The van der Waals surface area contributed by atoms with Gasteiger partial charge in [-0.2, -0.15) is 4.99 Å². The summed E-state index contributed by atoms with van der Waals surface area (Å²) in [5, 5.41) is 12.6. The molecule has 4 rings (SSSR count). The zero-order valence-corrected chi connectivity index (χ0v) is 20.8. The molecule has 1 aromatic rings. The van der Waals surface area contributed by atoms with Gasteiger partial charge in [0.15, 0.2) is 0 Å². The van der Waals surface area contributed by atoms with Gasteiger partial charge in [-0.3, -0.25) is 4.79 Å². The second kappa shape index (κ2) is 11.6. The lowest BCUT2D eigenvalue weighted by atomic mass is 9.77. The summed E-state index contributed by atoms with van der Waals surface area (Å²) in [6.07, 6.45) is 15.4. The van der Waals surface area contributed by atoms with E-state index in [1.807, 2.05) is 30.9 Å². The number of nitrogens with one attached hydrogen (secondary N) is 1. The molecule has 3 aliphatic rings. The van der Waals surface area contributed by atoms with Crippen molar-refractivity contribution in [1.29, 1.82) is 0 Å². The van der Waals surface area contributed by atoms with E-state index in [1.165, 1.54) is 11.1 Å². The second-order valence-corrected chi connectivity index (χ2v) is 9.82. The monoisotopic (exact) mass is 475 g/mol. The van der Waals surface area contributed by atoms with Crippen molar-refractivity contribution < 1.29 is 14.7 Å². The summed E-state index contributed by atoms with van der Waals surface area (Å²) in [5.41, 5.74) is 4.49. The fourth-order valence-corrected chi connectivity index (χ4v) is 5.57. The van der Waals surface area contributed by atoms with Crippen molar-refractivity contribution in [2.45, 2.75) is 70.4 Å². The Bertz CT molecular complexity index is 1030. The van der Waals surface area contributed by atoms with Crippen LogP contribution in [0.4, 0.5) is 4.79 Å². The third kappa shape index (κ3) is 6.17. The minimum Gasteiger partial charge on any atom is -0.481 e.